The van der Waals surface area contributed by atoms with Gasteiger partial charge in [0, 0.05) is 12.3 Å². The molecule has 3 nitrogen and oxygen atoms in total. The molecule has 0 radical (unpaired) electrons. The zero-order valence-electron chi connectivity index (χ0n) is 10.3. The summed E-state index contributed by atoms with van der Waals surface area (Å²) in [5.41, 5.74) is 9.05. The molecule has 3 rings (SSSR count). The van der Waals surface area contributed by atoms with Crippen LogP contribution in [0.4, 0.5) is 5.69 Å². The summed E-state index contributed by atoms with van der Waals surface area (Å²) >= 11 is 0. The number of nitrogens with zero attached hydrogens (tertiary/aromatic N) is 2. The van der Waals surface area contributed by atoms with E-state index in [0.29, 0.717) is 5.92 Å². The molecule has 1 aromatic carbocycles. The van der Waals surface area contributed by atoms with Crippen molar-refractivity contribution in [3.63, 3.8) is 0 Å². The number of aryl methyl sites for hydroxylation is 2. The molecule has 18 heavy (non-hydrogen) atoms. The zero-order chi connectivity index (χ0) is 12.4. The Hall–Kier alpha value is -1.90. The van der Waals surface area contributed by atoms with Crippen LogP contribution in [-0.4, -0.2) is 9.97 Å². The van der Waals surface area contributed by atoms with Crippen LogP contribution < -0.4 is 5.73 Å². The molecule has 0 aliphatic heterocycles. The van der Waals surface area contributed by atoms with Crippen LogP contribution in [0.15, 0.2) is 36.5 Å². The molecule has 0 atom stereocenters. The smallest absolute Gasteiger partial charge is 0.129 e. The second kappa shape index (κ2) is 4.77. The van der Waals surface area contributed by atoms with Crippen LogP contribution in [-0.2, 0) is 12.8 Å². The molecule has 2 N–H and O–H groups in total. The maximum absolute atomic E-state index is 5.91. The molecule has 0 saturated heterocycles. The van der Waals surface area contributed by atoms with Gasteiger partial charge in [0.1, 0.15) is 5.82 Å². The Balaban J connectivity index is 1.71. The van der Waals surface area contributed by atoms with Crippen molar-refractivity contribution < 1.29 is 0 Å². The third kappa shape index (κ3) is 2.50. The molecule has 0 spiro atoms. The molecule has 1 aromatic heterocycles. The van der Waals surface area contributed by atoms with Crippen molar-refractivity contribution in [2.45, 2.75) is 31.6 Å². The van der Waals surface area contributed by atoms with Crippen LogP contribution in [0.25, 0.3) is 0 Å². The van der Waals surface area contributed by atoms with Crippen LogP contribution in [0.5, 0.6) is 0 Å². The van der Waals surface area contributed by atoms with Gasteiger partial charge in [-0.2, -0.15) is 0 Å². The molecule has 2 aromatic rings. The SMILES string of the molecule is Nc1cnc(CCc2ccccc2)nc1C1CC1. The highest BCUT2D eigenvalue weighted by Crippen LogP contribution is 2.41. The molecule has 1 fully saturated rings. The minimum Gasteiger partial charge on any atom is -0.396 e. The average Bonchev–Trinajstić information content (AvgIpc) is 3.23. The molecule has 1 heterocycles. The third-order valence-electron chi connectivity index (χ3n) is 3.34. The van der Waals surface area contributed by atoms with Crippen LogP contribution in [0.3, 0.4) is 0 Å². The monoisotopic (exact) mass is 239 g/mol. The van der Waals surface area contributed by atoms with Gasteiger partial charge in [0.25, 0.3) is 0 Å². The third-order valence-corrected chi connectivity index (χ3v) is 3.34. The zero-order valence-corrected chi connectivity index (χ0v) is 10.3. The van der Waals surface area contributed by atoms with Crippen molar-refractivity contribution in [2.24, 2.45) is 0 Å². The summed E-state index contributed by atoms with van der Waals surface area (Å²) in [6.07, 6.45) is 6.07. The Bertz CT molecular complexity index is 533. The van der Waals surface area contributed by atoms with Gasteiger partial charge in [-0.1, -0.05) is 30.3 Å². The highest BCUT2D eigenvalue weighted by atomic mass is 14.9. The highest BCUT2D eigenvalue weighted by molar-refractivity contribution is 5.44. The predicted octanol–water partition coefficient (Wildman–Crippen LogP) is 2.72. The van der Waals surface area contributed by atoms with Crippen molar-refractivity contribution in [3.05, 3.63) is 53.6 Å². The minimum atomic E-state index is 0.587. The predicted molar refractivity (Wildman–Crippen MR) is 72.3 cm³/mol. The Kier molecular flexibility index (Phi) is 2.97. The van der Waals surface area contributed by atoms with E-state index >= 15 is 0 Å². The first-order valence-corrected chi connectivity index (χ1v) is 6.48. The number of aromatic nitrogens is 2. The van der Waals surface area contributed by atoms with Crippen molar-refractivity contribution in [2.75, 3.05) is 5.73 Å². The fourth-order valence-corrected chi connectivity index (χ4v) is 2.15. The summed E-state index contributed by atoms with van der Waals surface area (Å²) in [5.74, 6) is 1.50. The molecule has 92 valence electrons. The lowest BCUT2D eigenvalue weighted by Gasteiger charge is -2.06. The van der Waals surface area contributed by atoms with Crippen LogP contribution in [0.2, 0.25) is 0 Å². The first-order chi connectivity index (χ1) is 8.83. The van der Waals surface area contributed by atoms with E-state index in [4.69, 9.17) is 5.73 Å². The second-order valence-electron chi connectivity index (χ2n) is 4.89. The van der Waals surface area contributed by atoms with Crippen LogP contribution in [0, 0.1) is 0 Å². The van der Waals surface area contributed by atoms with Gasteiger partial charge in [0.2, 0.25) is 0 Å². The number of nitrogen functional groups attached to an aromatic ring is 1. The molecule has 1 aliphatic rings. The largest absolute Gasteiger partial charge is 0.396 e. The summed E-state index contributed by atoms with van der Waals surface area (Å²) in [5, 5.41) is 0. The van der Waals surface area contributed by atoms with E-state index in [1.165, 1.54) is 18.4 Å². The quantitative estimate of drug-likeness (QED) is 0.892. The summed E-state index contributed by atoms with van der Waals surface area (Å²) in [6.45, 7) is 0. The summed E-state index contributed by atoms with van der Waals surface area (Å²) in [7, 11) is 0. The summed E-state index contributed by atoms with van der Waals surface area (Å²) in [6, 6.07) is 10.4. The van der Waals surface area contributed by atoms with Crippen molar-refractivity contribution >= 4 is 5.69 Å². The Morgan fingerprint density at radius 3 is 2.61 bits per heavy atom. The van der Waals surface area contributed by atoms with Gasteiger partial charge in [0.15, 0.2) is 0 Å². The number of hydrogen-bond donors (Lipinski definition) is 1. The normalized spacial score (nSPS) is 14.7. The number of hydrogen-bond acceptors (Lipinski definition) is 3. The van der Waals surface area contributed by atoms with Crippen molar-refractivity contribution in [3.8, 4) is 0 Å². The molecule has 1 saturated carbocycles. The lowest BCUT2D eigenvalue weighted by atomic mass is 10.1. The standard InChI is InChI=1S/C15H17N3/c16-13-10-17-14(18-15(13)12-7-8-12)9-6-11-4-2-1-3-5-11/h1-5,10,12H,6-9,16H2. The molecule has 1 aliphatic carbocycles. The van der Waals surface area contributed by atoms with Crippen LogP contribution >= 0.6 is 0 Å². The summed E-state index contributed by atoms with van der Waals surface area (Å²) < 4.78 is 0. The average molecular weight is 239 g/mol. The molecule has 3 heteroatoms. The van der Waals surface area contributed by atoms with Gasteiger partial charge in [0.05, 0.1) is 17.6 Å². The second-order valence-corrected chi connectivity index (χ2v) is 4.89. The van der Waals surface area contributed by atoms with E-state index < -0.39 is 0 Å². The van der Waals surface area contributed by atoms with Crippen molar-refractivity contribution in [1.29, 1.82) is 0 Å². The van der Waals surface area contributed by atoms with Gasteiger partial charge in [-0.15, -0.1) is 0 Å². The maximum Gasteiger partial charge on any atom is 0.129 e. The van der Waals surface area contributed by atoms with E-state index in [-0.39, 0.29) is 0 Å². The molecule has 0 bridgehead atoms. The van der Waals surface area contributed by atoms with E-state index in [9.17, 15) is 0 Å². The van der Waals surface area contributed by atoms with Gasteiger partial charge in [-0.3, -0.25) is 0 Å². The number of benzene rings is 1. The van der Waals surface area contributed by atoms with Gasteiger partial charge < -0.3 is 5.73 Å². The van der Waals surface area contributed by atoms with Gasteiger partial charge in [-0.25, -0.2) is 9.97 Å². The van der Waals surface area contributed by atoms with E-state index in [0.717, 1.165) is 30.0 Å². The fraction of sp³-hybridized carbons (Fsp3) is 0.333. The molecule has 0 amide bonds. The Labute approximate surface area is 107 Å². The minimum absolute atomic E-state index is 0.587. The van der Waals surface area contributed by atoms with E-state index in [2.05, 4.69) is 34.2 Å². The lowest BCUT2D eigenvalue weighted by molar-refractivity contribution is 0.832. The Morgan fingerprint density at radius 2 is 1.89 bits per heavy atom. The lowest BCUT2D eigenvalue weighted by Crippen LogP contribution is -2.04. The van der Waals surface area contributed by atoms with Crippen LogP contribution in [0.1, 0.15) is 35.8 Å². The topological polar surface area (TPSA) is 51.8 Å². The molecule has 0 unspecified atom stereocenters. The molecular formula is C15H17N3. The van der Waals surface area contributed by atoms with Gasteiger partial charge in [-0.05, 0) is 24.8 Å². The fourth-order valence-electron chi connectivity index (χ4n) is 2.15. The Morgan fingerprint density at radius 1 is 1.11 bits per heavy atom. The van der Waals surface area contributed by atoms with Gasteiger partial charge >= 0.3 is 0 Å². The van der Waals surface area contributed by atoms with E-state index in [1.54, 1.807) is 6.20 Å². The van der Waals surface area contributed by atoms with Crippen molar-refractivity contribution in [1.82, 2.24) is 9.97 Å². The maximum atomic E-state index is 5.91. The molecular weight excluding hydrogens is 222 g/mol. The first kappa shape index (κ1) is 11.2. The van der Waals surface area contributed by atoms with E-state index in [1.807, 2.05) is 6.07 Å². The first-order valence-electron chi connectivity index (χ1n) is 6.48. The summed E-state index contributed by atoms with van der Waals surface area (Å²) in [4.78, 5) is 8.94. The number of nitrogens with two attached hydrogens (primary N) is 1. The number of anilines is 1. The highest BCUT2D eigenvalue weighted by Gasteiger charge is 2.27. The number of rotatable bonds is 4.